The van der Waals surface area contributed by atoms with Gasteiger partial charge in [-0.1, -0.05) is 6.07 Å². The van der Waals surface area contributed by atoms with Crippen LogP contribution in [0.3, 0.4) is 0 Å². The lowest BCUT2D eigenvalue weighted by Crippen LogP contribution is -2.55. The Morgan fingerprint density at radius 1 is 1.17 bits per heavy atom. The molecule has 1 saturated heterocycles. The summed E-state index contributed by atoms with van der Waals surface area (Å²) in [4.78, 5) is 28.1. The zero-order valence-corrected chi connectivity index (χ0v) is 17.7. The molecule has 0 bridgehead atoms. The van der Waals surface area contributed by atoms with E-state index in [0.29, 0.717) is 24.1 Å². The Balaban J connectivity index is 1.81. The predicted molar refractivity (Wildman–Crippen MR) is 115 cm³/mol. The van der Waals surface area contributed by atoms with E-state index in [2.05, 4.69) is 5.32 Å². The molecule has 1 N–H and O–H groups in total. The van der Waals surface area contributed by atoms with Gasteiger partial charge in [0.25, 0.3) is 11.8 Å². The van der Waals surface area contributed by atoms with E-state index in [-0.39, 0.29) is 22.3 Å². The normalized spacial score (nSPS) is 17.5. The van der Waals surface area contributed by atoms with Crippen molar-refractivity contribution in [2.75, 3.05) is 16.8 Å². The molecular weight excluding hydrogens is 408 g/mol. The van der Waals surface area contributed by atoms with Crippen LogP contribution in [0.2, 0.25) is 0 Å². The van der Waals surface area contributed by atoms with Crippen molar-refractivity contribution in [3.05, 3.63) is 58.7 Å². The average Bonchev–Trinajstić information content (AvgIpc) is 2.93. The number of amides is 2. The first kappa shape index (κ1) is 20.4. The monoisotopic (exact) mass is 429 g/mol. The molecule has 0 radical (unpaired) electrons. The third-order valence-electron chi connectivity index (χ3n) is 6.15. The van der Waals surface area contributed by atoms with Gasteiger partial charge in [0.05, 0.1) is 11.3 Å². The SMILES string of the molecule is CNC(=O)c1ccc(N2C(=S)N(c3ccc(C)c(C)c3F)C(=O)C23CCC3)cc1F. The van der Waals surface area contributed by atoms with Crippen molar-refractivity contribution < 1.29 is 18.4 Å². The number of rotatable bonds is 3. The van der Waals surface area contributed by atoms with Crippen molar-refractivity contribution in [1.29, 1.82) is 0 Å². The summed E-state index contributed by atoms with van der Waals surface area (Å²) in [6.45, 7) is 3.45. The van der Waals surface area contributed by atoms with Crippen LogP contribution in [0.25, 0.3) is 0 Å². The van der Waals surface area contributed by atoms with E-state index >= 15 is 4.39 Å². The number of anilines is 2. The Morgan fingerprint density at radius 3 is 2.43 bits per heavy atom. The van der Waals surface area contributed by atoms with E-state index in [9.17, 15) is 14.0 Å². The van der Waals surface area contributed by atoms with E-state index in [1.165, 1.54) is 24.1 Å². The van der Waals surface area contributed by atoms with Crippen LogP contribution >= 0.6 is 12.2 Å². The second-order valence-electron chi connectivity index (χ2n) is 7.73. The number of hydrogen-bond acceptors (Lipinski definition) is 3. The van der Waals surface area contributed by atoms with Gasteiger partial charge in [-0.3, -0.25) is 14.5 Å². The highest BCUT2D eigenvalue weighted by Crippen LogP contribution is 2.48. The maximum Gasteiger partial charge on any atom is 0.259 e. The Kier molecular flexibility index (Phi) is 4.85. The van der Waals surface area contributed by atoms with Gasteiger partial charge in [-0.2, -0.15) is 0 Å². The van der Waals surface area contributed by atoms with Gasteiger partial charge in [-0.25, -0.2) is 8.78 Å². The fraction of sp³-hybridized carbons (Fsp3) is 0.318. The molecule has 2 fully saturated rings. The maximum absolute atomic E-state index is 15.0. The third-order valence-corrected chi connectivity index (χ3v) is 6.52. The van der Waals surface area contributed by atoms with Crippen LogP contribution in [0.4, 0.5) is 20.2 Å². The van der Waals surface area contributed by atoms with Crippen LogP contribution in [-0.4, -0.2) is 29.5 Å². The van der Waals surface area contributed by atoms with Crippen LogP contribution in [0, 0.1) is 25.5 Å². The van der Waals surface area contributed by atoms with E-state index in [4.69, 9.17) is 12.2 Å². The number of hydrogen-bond donors (Lipinski definition) is 1. The van der Waals surface area contributed by atoms with E-state index in [1.54, 1.807) is 36.9 Å². The fourth-order valence-electron chi connectivity index (χ4n) is 4.09. The number of nitrogens with zero attached hydrogens (tertiary/aromatic N) is 2. The van der Waals surface area contributed by atoms with Crippen molar-refractivity contribution in [2.45, 2.75) is 38.6 Å². The molecule has 1 saturated carbocycles. The molecule has 156 valence electrons. The van der Waals surface area contributed by atoms with Crippen molar-refractivity contribution >= 4 is 40.5 Å². The first-order valence-electron chi connectivity index (χ1n) is 9.69. The lowest BCUT2D eigenvalue weighted by molar-refractivity contribution is -0.123. The molecule has 2 aromatic carbocycles. The Morgan fingerprint density at radius 2 is 1.87 bits per heavy atom. The lowest BCUT2D eigenvalue weighted by atomic mass is 9.75. The highest BCUT2D eigenvalue weighted by atomic mass is 32.1. The summed E-state index contributed by atoms with van der Waals surface area (Å²) in [6.07, 6.45) is 1.88. The number of halogens is 2. The van der Waals surface area contributed by atoms with Crippen LogP contribution in [0.5, 0.6) is 0 Å². The number of benzene rings is 2. The number of carbonyl (C=O) groups excluding carboxylic acids is 2. The predicted octanol–water partition coefficient (Wildman–Crippen LogP) is 4.00. The quantitative estimate of drug-likeness (QED) is 0.750. The van der Waals surface area contributed by atoms with Gasteiger partial charge in [0.1, 0.15) is 11.4 Å². The summed E-state index contributed by atoms with van der Waals surface area (Å²) in [5.74, 6) is -2.07. The maximum atomic E-state index is 15.0. The summed E-state index contributed by atoms with van der Waals surface area (Å²) < 4.78 is 29.7. The van der Waals surface area contributed by atoms with Crippen molar-refractivity contribution in [1.82, 2.24) is 5.32 Å². The Bertz CT molecular complexity index is 1100. The van der Waals surface area contributed by atoms with Crippen LogP contribution < -0.4 is 15.1 Å². The van der Waals surface area contributed by atoms with E-state index in [0.717, 1.165) is 12.0 Å². The molecule has 0 atom stereocenters. The summed E-state index contributed by atoms with van der Waals surface area (Å²) >= 11 is 5.60. The number of aryl methyl sites for hydroxylation is 1. The van der Waals surface area contributed by atoms with Gasteiger partial charge in [0.15, 0.2) is 10.9 Å². The molecule has 5 nitrogen and oxygen atoms in total. The van der Waals surface area contributed by atoms with Crippen LogP contribution in [0.15, 0.2) is 30.3 Å². The Hall–Kier alpha value is -2.87. The fourth-order valence-corrected chi connectivity index (χ4v) is 4.56. The lowest BCUT2D eigenvalue weighted by Gasteiger charge is -2.43. The zero-order chi connectivity index (χ0) is 21.8. The molecular formula is C22H21F2N3O2S. The second kappa shape index (κ2) is 7.12. The zero-order valence-electron chi connectivity index (χ0n) is 16.9. The minimum Gasteiger partial charge on any atom is -0.355 e. The topological polar surface area (TPSA) is 52.7 Å². The highest BCUT2D eigenvalue weighted by Gasteiger charge is 2.60. The van der Waals surface area contributed by atoms with Gasteiger partial charge < -0.3 is 10.2 Å². The summed E-state index contributed by atoms with van der Waals surface area (Å²) in [6, 6.07) is 7.42. The smallest absolute Gasteiger partial charge is 0.259 e. The van der Waals surface area contributed by atoms with Crippen LogP contribution in [0.1, 0.15) is 40.7 Å². The second-order valence-corrected chi connectivity index (χ2v) is 8.09. The first-order valence-corrected chi connectivity index (χ1v) is 10.1. The first-order chi connectivity index (χ1) is 14.2. The standard InChI is InChI=1S/C22H21F2N3O2S/c1-12-5-8-17(18(24)13(12)2)26-20(29)22(9-4-10-22)27(21(26)30)14-6-7-15(16(23)11-14)19(28)25-3/h5-8,11H,4,9-10H2,1-3H3,(H,25,28). The Labute approximate surface area is 178 Å². The number of nitrogens with one attached hydrogen (secondary N) is 1. The molecule has 0 aromatic heterocycles. The van der Waals surface area contributed by atoms with Crippen molar-refractivity contribution in [2.24, 2.45) is 0 Å². The van der Waals surface area contributed by atoms with E-state index < -0.39 is 23.1 Å². The summed E-state index contributed by atoms with van der Waals surface area (Å²) in [5.41, 5.74) is 0.635. The molecule has 8 heteroatoms. The van der Waals surface area contributed by atoms with Gasteiger partial charge in [-0.05, 0) is 80.7 Å². The molecule has 4 rings (SSSR count). The molecule has 0 unspecified atom stereocenters. The van der Waals surface area contributed by atoms with Gasteiger partial charge in [0.2, 0.25) is 0 Å². The molecule has 2 aromatic rings. The number of carbonyl (C=O) groups is 2. The molecule has 1 aliphatic carbocycles. The minimum absolute atomic E-state index is 0.0996. The highest BCUT2D eigenvalue weighted by molar-refractivity contribution is 7.81. The molecule has 30 heavy (non-hydrogen) atoms. The van der Waals surface area contributed by atoms with Gasteiger partial charge >= 0.3 is 0 Å². The number of thiocarbonyl (C=S) groups is 1. The van der Waals surface area contributed by atoms with Crippen molar-refractivity contribution in [3.63, 3.8) is 0 Å². The summed E-state index contributed by atoms with van der Waals surface area (Å²) in [7, 11) is 1.42. The molecule has 2 aliphatic rings. The van der Waals surface area contributed by atoms with Crippen LogP contribution in [-0.2, 0) is 4.79 Å². The van der Waals surface area contributed by atoms with Gasteiger partial charge in [-0.15, -0.1) is 0 Å². The van der Waals surface area contributed by atoms with Crippen molar-refractivity contribution in [3.8, 4) is 0 Å². The van der Waals surface area contributed by atoms with E-state index in [1.807, 2.05) is 0 Å². The van der Waals surface area contributed by atoms with Gasteiger partial charge in [0, 0.05) is 12.7 Å². The minimum atomic E-state index is -0.955. The average molecular weight is 429 g/mol. The summed E-state index contributed by atoms with van der Waals surface area (Å²) in [5, 5.41) is 2.49. The molecule has 1 heterocycles. The molecule has 1 spiro atoms. The molecule has 2 amide bonds. The third kappa shape index (κ3) is 2.74. The largest absolute Gasteiger partial charge is 0.355 e. The molecule has 1 aliphatic heterocycles.